The summed E-state index contributed by atoms with van der Waals surface area (Å²) in [6.07, 6.45) is 1.19. The van der Waals surface area contributed by atoms with Gasteiger partial charge >= 0.3 is 0 Å². The van der Waals surface area contributed by atoms with Crippen LogP contribution in [0, 0.1) is 11.2 Å². The molecular formula is C32H26Cl2FNO2. The van der Waals surface area contributed by atoms with Crippen LogP contribution in [0.25, 0.3) is 16.3 Å². The zero-order chi connectivity index (χ0) is 26.6. The van der Waals surface area contributed by atoms with Crippen molar-refractivity contribution in [3.63, 3.8) is 0 Å². The minimum absolute atomic E-state index is 0.0121. The molecular weight excluding hydrogens is 520 g/mol. The van der Waals surface area contributed by atoms with Gasteiger partial charge in [-0.3, -0.25) is 4.79 Å². The Morgan fingerprint density at radius 2 is 1.76 bits per heavy atom. The Balaban J connectivity index is 1.53. The maximum Gasteiger partial charge on any atom is 0.162 e. The van der Waals surface area contributed by atoms with E-state index in [9.17, 15) is 9.18 Å². The number of allylic oxidation sites excluding steroid dienone is 1. The van der Waals surface area contributed by atoms with Gasteiger partial charge < -0.3 is 10.1 Å². The number of fused-ring (bicyclic) bond motifs is 4. The summed E-state index contributed by atoms with van der Waals surface area (Å²) in [5.41, 5.74) is 4.64. The Morgan fingerprint density at radius 3 is 2.58 bits per heavy atom. The molecule has 0 saturated heterocycles. The van der Waals surface area contributed by atoms with Gasteiger partial charge in [0, 0.05) is 39.4 Å². The summed E-state index contributed by atoms with van der Waals surface area (Å²) in [5, 5.41) is 6.58. The van der Waals surface area contributed by atoms with E-state index in [4.69, 9.17) is 27.9 Å². The summed E-state index contributed by atoms with van der Waals surface area (Å²) in [6.45, 7) is 4.26. The first-order chi connectivity index (χ1) is 18.2. The number of Topliss-reactive ketones (excluding diaryl/α,β-unsaturated/α-hetero) is 1. The third-order valence-electron chi connectivity index (χ3n) is 7.42. The van der Waals surface area contributed by atoms with Crippen LogP contribution in [0.5, 0.6) is 5.75 Å². The van der Waals surface area contributed by atoms with E-state index in [0.29, 0.717) is 38.9 Å². The van der Waals surface area contributed by atoms with Crippen molar-refractivity contribution in [2.24, 2.45) is 5.41 Å². The molecule has 1 N–H and O–H groups in total. The summed E-state index contributed by atoms with van der Waals surface area (Å²) >= 11 is 13.2. The number of benzene rings is 4. The van der Waals surface area contributed by atoms with Crippen molar-refractivity contribution < 1.29 is 13.9 Å². The Kier molecular flexibility index (Phi) is 6.20. The highest BCUT2D eigenvalue weighted by molar-refractivity contribution is 6.35. The summed E-state index contributed by atoms with van der Waals surface area (Å²) < 4.78 is 20.5. The zero-order valence-electron chi connectivity index (χ0n) is 21.1. The highest BCUT2D eigenvalue weighted by Crippen LogP contribution is 2.53. The fourth-order valence-electron chi connectivity index (χ4n) is 5.78. The Labute approximate surface area is 231 Å². The second-order valence-corrected chi connectivity index (χ2v) is 11.6. The molecule has 6 rings (SSSR count). The Morgan fingerprint density at radius 1 is 1.00 bits per heavy atom. The van der Waals surface area contributed by atoms with Gasteiger partial charge in [0.15, 0.2) is 5.78 Å². The van der Waals surface area contributed by atoms with E-state index in [1.54, 1.807) is 30.3 Å². The minimum Gasteiger partial charge on any atom is -0.487 e. The zero-order valence-corrected chi connectivity index (χ0v) is 22.6. The monoisotopic (exact) mass is 545 g/mol. The lowest BCUT2D eigenvalue weighted by Crippen LogP contribution is -2.33. The topological polar surface area (TPSA) is 38.3 Å². The van der Waals surface area contributed by atoms with Crippen LogP contribution >= 0.6 is 23.2 Å². The molecule has 0 amide bonds. The number of nitrogens with one attached hydrogen (secondary N) is 1. The average Bonchev–Trinajstić information content (AvgIpc) is 2.87. The highest BCUT2D eigenvalue weighted by Gasteiger charge is 2.42. The molecule has 1 aliphatic carbocycles. The highest BCUT2D eigenvalue weighted by atomic mass is 35.5. The predicted molar refractivity (Wildman–Crippen MR) is 152 cm³/mol. The summed E-state index contributed by atoms with van der Waals surface area (Å²) in [6, 6.07) is 21.7. The molecule has 3 nitrogen and oxygen atoms in total. The number of rotatable bonds is 4. The Bertz CT molecular complexity index is 1640. The van der Waals surface area contributed by atoms with Crippen molar-refractivity contribution in [2.45, 2.75) is 39.3 Å². The molecule has 1 heterocycles. The number of carbonyl (C=O) groups excluding carboxylic acids is 1. The van der Waals surface area contributed by atoms with Crippen LogP contribution in [0.4, 0.5) is 10.1 Å². The first-order valence-corrected chi connectivity index (χ1v) is 13.4. The molecule has 1 aliphatic heterocycles. The fraction of sp³-hybridized carbons (Fsp3) is 0.219. The molecule has 192 valence electrons. The maximum atomic E-state index is 14.4. The van der Waals surface area contributed by atoms with Crippen LogP contribution in [0.1, 0.15) is 49.4 Å². The second kappa shape index (κ2) is 9.44. The SMILES string of the molecule is CC1(C)CC(=O)C2=C(C1)c1c(ccc3ccccc13)NC2c1cc(Cl)cc(Cl)c1OCc1ccccc1F. The largest absolute Gasteiger partial charge is 0.487 e. The number of carbonyl (C=O) groups is 1. The molecule has 38 heavy (non-hydrogen) atoms. The van der Waals surface area contributed by atoms with Crippen LogP contribution in [0.15, 0.2) is 78.4 Å². The van der Waals surface area contributed by atoms with Crippen molar-refractivity contribution in [3.05, 3.63) is 111 Å². The van der Waals surface area contributed by atoms with E-state index < -0.39 is 6.04 Å². The molecule has 0 radical (unpaired) electrons. The quantitative estimate of drug-likeness (QED) is 0.277. The molecule has 2 aliphatic rings. The lowest BCUT2D eigenvalue weighted by atomic mass is 9.68. The normalized spacial score (nSPS) is 18.1. The molecule has 0 aromatic heterocycles. The number of ether oxygens (including phenoxy) is 1. The lowest BCUT2D eigenvalue weighted by molar-refractivity contribution is -0.118. The van der Waals surface area contributed by atoms with Gasteiger partial charge in [-0.2, -0.15) is 0 Å². The molecule has 4 aromatic carbocycles. The first kappa shape index (κ1) is 25.0. The van der Waals surface area contributed by atoms with Crippen LogP contribution in [-0.4, -0.2) is 5.78 Å². The van der Waals surface area contributed by atoms with Gasteiger partial charge in [-0.05, 0) is 52.4 Å². The molecule has 0 fully saturated rings. The van der Waals surface area contributed by atoms with Crippen molar-refractivity contribution >= 4 is 51.0 Å². The fourth-order valence-corrected chi connectivity index (χ4v) is 6.35. The molecule has 1 atom stereocenters. The molecule has 4 aromatic rings. The van der Waals surface area contributed by atoms with Gasteiger partial charge in [-0.1, -0.05) is 85.6 Å². The van der Waals surface area contributed by atoms with Crippen LogP contribution in [0.2, 0.25) is 10.0 Å². The van der Waals surface area contributed by atoms with E-state index in [0.717, 1.165) is 34.0 Å². The third-order valence-corrected chi connectivity index (χ3v) is 7.92. The van der Waals surface area contributed by atoms with E-state index in [2.05, 4.69) is 43.4 Å². The number of ketones is 1. The van der Waals surface area contributed by atoms with Crippen LogP contribution in [0.3, 0.4) is 0 Å². The number of halogens is 3. The molecule has 0 spiro atoms. The van der Waals surface area contributed by atoms with Crippen LogP contribution in [-0.2, 0) is 11.4 Å². The van der Waals surface area contributed by atoms with Gasteiger partial charge in [-0.25, -0.2) is 4.39 Å². The van der Waals surface area contributed by atoms with Crippen molar-refractivity contribution in [1.82, 2.24) is 0 Å². The summed E-state index contributed by atoms with van der Waals surface area (Å²) in [4.78, 5) is 13.8. The summed E-state index contributed by atoms with van der Waals surface area (Å²) in [7, 11) is 0. The molecule has 0 saturated carbocycles. The van der Waals surface area contributed by atoms with E-state index in [-0.39, 0.29) is 23.6 Å². The predicted octanol–water partition coefficient (Wildman–Crippen LogP) is 9.17. The van der Waals surface area contributed by atoms with E-state index >= 15 is 0 Å². The van der Waals surface area contributed by atoms with Crippen molar-refractivity contribution in [2.75, 3.05) is 5.32 Å². The van der Waals surface area contributed by atoms with Crippen molar-refractivity contribution in [1.29, 1.82) is 0 Å². The number of anilines is 1. The average molecular weight is 546 g/mol. The van der Waals surface area contributed by atoms with Gasteiger partial charge in [0.2, 0.25) is 0 Å². The maximum absolute atomic E-state index is 14.4. The lowest BCUT2D eigenvalue weighted by Gasteiger charge is -2.40. The Hall–Kier alpha value is -3.34. The van der Waals surface area contributed by atoms with Crippen LogP contribution < -0.4 is 10.1 Å². The number of hydrogen-bond acceptors (Lipinski definition) is 3. The summed E-state index contributed by atoms with van der Waals surface area (Å²) in [5.74, 6) is 0.111. The minimum atomic E-state index is -0.519. The van der Waals surface area contributed by atoms with Gasteiger partial charge in [0.05, 0.1) is 11.1 Å². The van der Waals surface area contributed by atoms with E-state index in [1.807, 2.05) is 12.1 Å². The van der Waals surface area contributed by atoms with Gasteiger partial charge in [0.25, 0.3) is 0 Å². The van der Waals surface area contributed by atoms with Gasteiger partial charge in [0.1, 0.15) is 18.2 Å². The second-order valence-electron chi connectivity index (χ2n) is 10.8. The standard InChI is InChI=1S/C32H26Cl2FNO2/c1-32(2)15-23-28-21-9-5-3-7-18(21)11-12-26(28)36-30(29(23)27(37)16-32)22-13-20(33)14-24(34)31(22)38-17-19-8-4-6-10-25(19)35/h3-14,30,36H,15-17H2,1-2H3. The molecule has 6 heteroatoms. The first-order valence-electron chi connectivity index (χ1n) is 12.6. The van der Waals surface area contributed by atoms with E-state index in [1.165, 1.54) is 6.07 Å². The van der Waals surface area contributed by atoms with Gasteiger partial charge in [-0.15, -0.1) is 0 Å². The molecule has 0 bridgehead atoms. The van der Waals surface area contributed by atoms with Crippen molar-refractivity contribution in [3.8, 4) is 5.75 Å². The molecule has 1 unspecified atom stereocenters. The third kappa shape index (κ3) is 4.36. The smallest absolute Gasteiger partial charge is 0.162 e. The number of hydrogen-bond donors (Lipinski definition) is 1.